The Labute approximate surface area is 59.7 Å². The van der Waals surface area contributed by atoms with Crippen molar-refractivity contribution in [2.75, 3.05) is 0 Å². The summed E-state index contributed by atoms with van der Waals surface area (Å²) in [6, 6.07) is 0. The van der Waals surface area contributed by atoms with Crippen LogP contribution >= 0.6 is 38.8 Å². The molecule has 0 aliphatic heterocycles. The van der Waals surface area contributed by atoms with E-state index in [9.17, 15) is 0 Å². The second-order valence-electron chi connectivity index (χ2n) is 0.607. The third-order valence-corrected chi connectivity index (χ3v) is 5.67. The molecule has 7 heavy (non-hydrogen) atoms. The Morgan fingerprint density at radius 1 is 1.86 bits per heavy atom. The Morgan fingerprint density at radius 2 is 2.29 bits per heavy atom. The summed E-state index contributed by atoms with van der Waals surface area (Å²) in [6.07, 6.45) is 0. The van der Waals surface area contributed by atoms with E-state index in [4.69, 9.17) is 15.6 Å². The summed E-state index contributed by atoms with van der Waals surface area (Å²) < 4.78 is 3.87. The number of halogens is 2. The summed E-state index contributed by atoms with van der Waals surface area (Å²) in [7, 11) is 5.52. The average molecular weight is 199 g/mol. The van der Waals surface area contributed by atoms with E-state index in [-0.39, 0.29) is 0 Å². The lowest BCUT2D eigenvalue weighted by atomic mass is 15.8. The van der Waals surface area contributed by atoms with Crippen molar-refractivity contribution in [3.63, 3.8) is 0 Å². The molecule has 0 aromatic heterocycles. The highest BCUT2D eigenvalue weighted by molar-refractivity contribution is 8.76. The van der Waals surface area contributed by atoms with E-state index in [2.05, 4.69) is 27.7 Å². The standard InChI is InChI=1S/Cl2HO2PS2/c1-4-5(3,6)7-2/h(H,3,6). The maximum atomic E-state index is 8.53. The van der Waals surface area contributed by atoms with Crippen LogP contribution in [0, 0.1) is 0 Å². The lowest BCUT2D eigenvalue weighted by Crippen LogP contribution is -1.62. The van der Waals surface area contributed by atoms with Gasteiger partial charge in [0.15, 0.2) is 0 Å². The maximum Gasteiger partial charge on any atom is 0.277 e. The van der Waals surface area contributed by atoms with Gasteiger partial charge >= 0.3 is 0 Å². The van der Waals surface area contributed by atoms with Crippen molar-refractivity contribution in [1.29, 1.82) is 0 Å². The third kappa shape index (κ3) is 4.03. The van der Waals surface area contributed by atoms with E-state index in [1.54, 1.807) is 0 Å². The highest BCUT2D eigenvalue weighted by Crippen LogP contribution is 2.59. The zero-order valence-electron chi connectivity index (χ0n) is 2.88. The van der Waals surface area contributed by atoms with Crippen molar-refractivity contribution in [2.45, 2.75) is 0 Å². The molecule has 0 saturated carbocycles. The predicted molar refractivity (Wildman–Crippen MR) is 36.9 cm³/mol. The Balaban J connectivity index is 3.61. The molecule has 1 unspecified atom stereocenters. The normalized spacial score (nSPS) is 18.7. The molecule has 1 N–H and O–H groups in total. The van der Waals surface area contributed by atoms with Crippen molar-refractivity contribution in [1.82, 2.24) is 0 Å². The van der Waals surface area contributed by atoms with Crippen LogP contribution in [0.2, 0.25) is 0 Å². The summed E-state index contributed by atoms with van der Waals surface area (Å²) in [5.41, 5.74) is -2.87. The van der Waals surface area contributed by atoms with Gasteiger partial charge in [0, 0.05) is 10.6 Å². The van der Waals surface area contributed by atoms with E-state index >= 15 is 0 Å². The first-order valence-corrected chi connectivity index (χ1v) is 6.29. The second kappa shape index (κ2) is 3.51. The molecular weight excluding hydrogens is 198 g/mol. The van der Waals surface area contributed by atoms with Crippen molar-refractivity contribution in [3.8, 4) is 0 Å². The van der Waals surface area contributed by atoms with Gasteiger partial charge in [0.1, 0.15) is 0 Å². The van der Waals surface area contributed by atoms with Gasteiger partial charge in [-0.05, 0) is 22.5 Å². The molecule has 0 aromatic carbocycles. The number of hydrogen-bond acceptors (Lipinski definition) is 3. The van der Waals surface area contributed by atoms with Crippen LogP contribution in [-0.2, 0) is 15.9 Å². The van der Waals surface area contributed by atoms with E-state index in [0.29, 0.717) is 10.6 Å². The first kappa shape index (κ1) is 8.50. The van der Waals surface area contributed by atoms with E-state index in [0.717, 1.165) is 0 Å². The third-order valence-electron chi connectivity index (χ3n) is 0.174. The molecular formula is HCl2O2PS2. The molecule has 2 nitrogen and oxygen atoms in total. The molecule has 0 aromatic rings. The zero-order chi connectivity index (χ0) is 5.91. The largest absolute Gasteiger partial charge is 0.336 e. The first-order chi connectivity index (χ1) is 3.12. The molecule has 0 aliphatic carbocycles. The Kier molecular flexibility index (Phi) is 4.26. The summed E-state index contributed by atoms with van der Waals surface area (Å²) >= 11 is 8.97. The number of rotatable bonds is 2. The van der Waals surface area contributed by atoms with Crippen LogP contribution in [0.15, 0.2) is 0 Å². The van der Waals surface area contributed by atoms with Gasteiger partial charge in [-0.25, -0.2) is 4.08 Å². The lowest BCUT2D eigenvalue weighted by Gasteiger charge is -2.00. The molecule has 0 saturated heterocycles. The molecule has 1 atom stereocenters. The SMILES string of the molecule is OP(=S)(OCl)SCl. The monoisotopic (exact) mass is 198 g/mol. The molecule has 0 aliphatic rings. The van der Waals surface area contributed by atoms with Crippen LogP contribution < -0.4 is 0 Å². The molecule has 44 valence electrons. The van der Waals surface area contributed by atoms with Gasteiger partial charge in [0.2, 0.25) is 0 Å². The van der Waals surface area contributed by atoms with Gasteiger partial charge in [-0.1, -0.05) is 0 Å². The quantitative estimate of drug-likeness (QED) is 0.690. The van der Waals surface area contributed by atoms with Gasteiger partial charge in [-0.15, -0.1) is 0 Å². The van der Waals surface area contributed by atoms with E-state index in [1.807, 2.05) is 0 Å². The molecule has 0 bridgehead atoms. The first-order valence-electron chi connectivity index (χ1n) is 1.06. The Hall–Kier alpha value is 1.50. The number of hydrogen-bond donors (Lipinski definition) is 1. The molecule has 0 spiro atoms. The van der Waals surface area contributed by atoms with Gasteiger partial charge in [-0.3, -0.25) is 0 Å². The molecule has 0 rings (SSSR count). The smallest absolute Gasteiger partial charge is 0.277 e. The fourth-order valence-electron chi connectivity index (χ4n) is 0.0106. The zero-order valence-corrected chi connectivity index (χ0v) is 6.91. The Bertz CT molecular complexity index is 85.7. The van der Waals surface area contributed by atoms with Crippen molar-refractivity contribution < 1.29 is 8.97 Å². The van der Waals surface area contributed by atoms with Crippen LogP contribution in [0.1, 0.15) is 0 Å². The fourth-order valence-corrected chi connectivity index (χ4v) is 0.862. The molecule has 0 amide bonds. The van der Waals surface area contributed by atoms with Crippen LogP contribution in [0.4, 0.5) is 0 Å². The highest BCUT2D eigenvalue weighted by atomic mass is 35.7. The second-order valence-corrected chi connectivity index (χ2v) is 7.55. The van der Waals surface area contributed by atoms with Crippen LogP contribution in [-0.4, -0.2) is 4.89 Å². The fraction of sp³-hybridized carbons (Fsp3) is 0. The Morgan fingerprint density at radius 3 is 2.29 bits per heavy atom. The van der Waals surface area contributed by atoms with Crippen LogP contribution in [0.5, 0.6) is 0 Å². The minimum absolute atomic E-state index is 0.527. The van der Waals surface area contributed by atoms with Crippen LogP contribution in [0.25, 0.3) is 0 Å². The molecule has 0 heterocycles. The van der Waals surface area contributed by atoms with Gasteiger partial charge in [0.25, 0.3) is 5.69 Å². The summed E-state index contributed by atoms with van der Waals surface area (Å²) in [5, 5.41) is 0. The van der Waals surface area contributed by atoms with Gasteiger partial charge in [0.05, 0.1) is 11.9 Å². The summed E-state index contributed by atoms with van der Waals surface area (Å²) in [5.74, 6) is 0. The predicted octanol–water partition coefficient (Wildman–Crippen LogP) is 2.26. The van der Waals surface area contributed by atoms with Gasteiger partial charge in [-0.2, -0.15) is 0 Å². The maximum absolute atomic E-state index is 8.53. The van der Waals surface area contributed by atoms with Crippen LogP contribution in [0.3, 0.4) is 0 Å². The minimum Gasteiger partial charge on any atom is -0.336 e. The summed E-state index contributed by atoms with van der Waals surface area (Å²) in [6.45, 7) is 0. The van der Waals surface area contributed by atoms with E-state index in [1.165, 1.54) is 0 Å². The van der Waals surface area contributed by atoms with Crippen molar-refractivity contribution >= 4 is 50.6 Å². The molecule has 7 heteroatoms. The highest BCUT2D eigenvalue weighted by Gasteiger charge is 2.10. The average Bonchev–Trinajstić information content (AvgIpc) is 1.68. The van der Waals surface area contributed by atoms with Crippen molar-refractivity contribution in [2.24, 2.45) is 0 Å². The topological polar surface area (TPSA) is 29.5 Å². The minimum atomic E-state index is -2.87. The van der Waals surface area contributed by atoms with E-state index < -0.39 is 5.69 Å². The summed E-state index contributed by atoms with van der Waals surface area (Å²) in [4.78, 5) is 8.53. The molecule has 0 fully saturated rings. The van der Waals surface area contributed by atoms with Crippen molar-refractivity contribution in [3.05, 3.63) is 0 Å². The molecule has 0 radical (unpaired) electrons. The van der Waals surface area contributed by atoms with Gasteiger partial charge < -0.3 is 4.89 Å². The lowest BCUT2D eigenvalue weighted by molar-refractivity contribution is 0.533.